The predicted octanol–water partition coefficient (Wildman–Crippen LogP) is -0.794. The third-order valence-corrected chi connectivity index (χ3v) is 3.75. The Balaban J connectivity index is 2.17. The highest BCUT2D eigenvalue weighted by Crippen LogP contribution is 2.14. The van der Waals surface area contributed by atoms with E-state index in [1.165, 1.54) is 24.3 Å². The number of nitrogens with one attached hydrogen (secondary N) is 2. The van der Waals surface area contributed by atoms with Crippen molar-refractivity contribution in [2.24, 2.45) is 16.0 Å². The number of sulfonamides is 1. The summed E-state index contributed by atoms with van der Waals surface area (Å²) in [6.45, 7) is 3.62. The molecule has 116 valence electrons. The highest BCUT2D eigenvalue weighted by atomic mass is 32.2. The topological polar surface area (TPSA) is 143 Å². The summed E-state index contributed by atoms with van der Waals surface area (Å²) in [5.74, 6) is -0.550. The SMILES string of the molecule is C=C1NN(C(N)=S)C(=O)C1=NNc1ccc(S(N)(=O)=O)cc1. The minimum Gasteiger partial charge on any atom is -0.374 e. The van der Waals surface area contributed by atoms with Crippen molar-refractivity contribution in [3.05, 3.63) is 36.5 Å². The van der Waals surface area contributed by atoms with Gasteiger partial charge in [0, 0.05) is 0 Å². The Bertz CT molecular complexity index is 785. The number of nitrogens with two attached hydrogens (primary N) is 2. The number of rotatable bonds is 3. The van der Waals surface area contributed by atoms with Gasteiger partial charge in [0.15, 0.2) is 10.8 Å². The summed E-state index contributed by atoms with van der Waals surface area (Å²) in [5, 5.41) is 9.66. The maximum Gasteiger partial charge on any atom is 0.301 e. The van der Waals surface area contributed by atoms with Crippen LogP contribution in [0.15, 0.2) is 46.5 Å². The van der Waals surface area contributed by atoms with Crippen LogP contribution in [-0.4, -0.2) is 30.2 Å². The molecular weight excluding hydrogens is 328 g/mol. The Morgan fingerprint density at radius 1 is 1.36 bits per heavy atom. The van der Waals surface area contributed by atoms with Crippen molar-refractivity contribution in [1.29, 1.82) is 0 Å². The first-order valence-electron chi connectivity index (χ1n) is 5.76. The number of carbonyl (C=O) groups is 1. The molecule has 1 aromatic rings. The summed E-state index contributed by atoms with van der Waals surface area (Å²) in [7, 11) is -3.76. The van der Waals surface area contributed by atoms with Crippen LogP contribution in [0, 0.1) is 0 Å². The molecule has 1 heterocycles. The van der Waals surface area contributed by atoms with E-state index in [1.807, 2.05) is 0 Å². The van der Waals surface area contributed by atoms with Gasteiger partial charge < -0.3 is 5.73 Å². The molecule has 0 aliphatic carbocycles. The van der Waals surface area contributed by atoms with E-state index >= 15 is 0 Å². The first-order valence-corrected chi connectivity index (χ1v) is 7.72. The summed E-state index contributed by atoms with van der Waals surface area (Å²) < 4.78 is 22.3. The van der Waals surface area contributed by atoms with Gasteiger partial charge in [-0.3, -0.25) is 15.6 Å². The molecule has 0 bridgehead atoms. The summed E-state index contributed by atoms with van der Waals surface area (Å²) in [4.78, 5) is 11.9. The van der Waals surface area contributed by atoms with Crippen LogP contribution in [0.3, 0.4) is 0 Å². The molecule has 0 aromatic heterocycles. The third-order valence-electron chi connectivity index (χ3n) is 2.64. The number of primary sulfonamides is 1. The third kappa shape index (κ3) is 3.21. The predicted molar refractivity (Wildman–Crippen MR) is 84.8 cm³/mol. The van der Waals surface area contributed by atoms with Crippen LogP contribution in [0.25, 0.3) is 0 Å². The quantitative estimate of drug-likeness (QED) is 0.417. The smallest absolute Gasteiger partial charge is 0.301 e. The van der Waals surface area contributed by atoms with E-state index in [9.17, 15) is 13.2 Å². The van der Waals surface area contributed by atoms with Gasteiger partial charge in [-0.25, -0.2) is 13.6 Å². The van der Waals surface area contributed by atoms with Crippen LogP contribution in [0.2, 0.25) is 0 Å². The number of hydrogen-bond donors (Lipinski definition) is 4. The van der Waals surface area contributed by atoms with Crippen LogP contribution in [0.1, 0.15) is 0 Å². The summed E-state index contributed by atoms with van der Waals surface area (Å²) >= 11 is 4.70. The Kier molecular flexibility index (Phi) is 4.12. The molecule has 0 radical (unpaired) electrons. The van der Waals surface area contributed by atoms with Gasteiger partial charge in [0.25, 0.3) is 0 Å². The van der Waals surface area contributed by atoms with E-state index < -0.39 is 15.9 Å². The van der Waals surface area contributed by atoms with Gasteiger partial charge in [-0.1, -0.05) is 6.58 Å². The maximum absolute atomic E-state index is 11.9. The molecule has 0 unspecified atom stereocenters. The lowest BCUT2D eigenvalue weighted by Crippen LogP contribution is -2.43. The lowest BCUT2D eigenvalue weighted by Gasteiger charge is -2.11. The minimum absolute atomic E-state index is 0.00308. The zero-order valence-electron chi connectivity index (χ0n) is 11.1. The highest BCUT2D eigenvalue weighted by Gasteiger charge is 2.32. The van der Waals surface area contributed by atoms with Gasteiger partial charge in [0.2, 0.25) is 10.0 Å². The molecule has 22 heavy (non-hydrogen) atoms. The molecule has 1 aliphatic rings. The number of hydrazone groups is 1. The molecule has 11 heteroatoms. The Labute approximate surface area is 131 Å². The fourth-order valence-corrected chi connectivity index (χ4v) is 2.23. The standard InChI is InChI=1S/C11H12N6O3S2/c1-6-9(10(18)17(16-6)11(12)21)15-14-7-2-4-8(5-3-7)22(13,19)20/h2-5,14,16H,1H2,(H2,12,21)(H2,13,19,20). The molecule has 6 N–H and O–H groups in total. The van der Waals surface area contributed by atoms with E-state index in [0.29, 0.717) is 5.69 Å². The van der Waals surface area contributed by atoms with Gasteiger partial charge in [-0.05, 0) is 36.5 Å². The Morgan fingerprint density at radius 2 is 1.95 bits per heavy atom. The van der Waals surface area contributed by atoms with Crippen LogP contribution in [-0.2, 0) is 14.8 Å². The number of benzene rings is 1. The van der Waals surface area contributed by atoms with Crippen molar-refractivity contribution in [2.45, 2.75) is 4.90 Å². The highest BCUT2D eigenvalue weighted by molar-refractivity contribution is 7.89. The van der Waals surface area contributed by atoms with Crippen molar-refractivity contribution >= 4 is 44.7 Å². The Hall–Kier alpha value is -2.50. The van der Waals surface area contributed by atoms with Gasteiger partial charge in [0.1, 0.15) is 0 Å². The number of hydrazine groups is 1. The molecule has 1 aromatic carbocycles. The lowest BCUT2D eigenvalue weighted by atomic mass is 10.3. The molecule has 2 rings (SSSR count). The van der Waals surface area contributed by atoms with Gasteiger partial charge in [0.05, 0.1) is 16.3 Å². The second-order valence-electron chi connectivity index (χ2n) is 4.21. The molecular formula is C11H12N6O3S2. The minimum atomic E-state index is -3.76. The lowest BCUT2D eigenvalue weighted by molar-refractivity contribution is -0.120. The normalized spacial score (nSPS) is 16.8. The number of carbonyl (C=O) groups excluding carboxylic acids is 1. The van der Waals surface area contributed by atoms with Crippen molar-refractivity contribution in [2.75, 3.05) is 5.43 Å². The van der Waals surface area contributed by atoms with Crippen LogP contribution in [0.5, 0.6) is 0 Å². The van der Waals surface area contributed by atoms with Crippen molar-refractivity contribution in [3.63, 3.8) is 0 Å². The van der Waals surface area contributed by atoms with Gasteiger partial charge in [-0.15, -0.1) is 0 Å². The summed E-state index contributed by atoms with van der Waals surface area (Å²) in [6.07, 6.45) is 0. The zero-order chi connectivity index (χ0) is 16.5. The van der Waals surface area contributed by atoms with E-state index in [2.05, 4.69) is 22.5 Å². The largest absolute Gasteiger partial charge is 0.374 e. The fourth-order valence-electron chi connectivity index (χ4n) is 1.58. The molecule has 1 fully saturated rings. The monoisotopic (exact) mass is 340 g/mol. The van der Waals surface area contributed by atoms with Crippen molar-refractivity contribution < 1.29 is 13.2 Å². The Morgan fingerprint density at radius 3 is 2.41 bits per heavy atom. The van der Waals surface area contributed by atoms with Crippen LogP contribution < -0.4 is 21.7 Å². The van der Waals surface area contributed by atoms with E-state index in [1.54, 1.807) is 0 Å². The molecule has 1 saturated heterocycles. The molecule has 9 nitrogen and oxygen atoms in total. The molecule has 1 aliphatic heterocycles. The van der Waals surface area contributed by atoms with Crippen molar-refractivity contribution in [3.8, 4) is 0 Å². The number of hydrogen-bond acceptors (Lipinski definition) is 7. The fraction of sp³-hybridized carbons (Fsp3) is 0. The molecule has 0 spiro atoms. The van der Waals surface area contributed by atoms with Crippen molar-refractivity contribution in [1.82, 2.24) is 10.4 Å². The number of nitrogens with zero attached hydrogens (tertiary/aromatic N) is 2. The van der Waals surface area contributed by atoms with E-state index in [4.69, 9.17) is 23.1 Å². The zero-order valence-corrected chi connectivity index (χ0v) is 12.7. The number of thiocarbonyl (C=S) groups is 1. The summed E-state index contributed by atoms with van der Waals surface area (Å²) in [5.41, 5.74) is 11.2. The van der Waals surface area contributed by atoms with Crippen LogP contribution in [0.4, 0.5) is 5.69 Å². The average Bonchev–Trinajstić information content (AvgIpc) is 2.71. The first-order chi connectivity index (χ1) is 10.2. The first kappa shape index (κ1) is 15.9. The van der Waals surface area contributed by atoms with Gasteiger partial charge >= 0.3 is 5.91 Å². The average molecular weight is 340 g/mol. The van der Waals surface area contributed by atoms with E-state index in [0.717, 1.165) is 5.01 Å². The van der Waals surface area contributed by atoms with Crippen LogP contribution >= 0.6 is 12.2 Å². The molecule has 0 saturated carbocycles. The molecule has 0 atom stereocenters. The second kappa shape index (κ2) is 5.71. The van der Waals surface area contributed by atoms with Gasteiger partial charge in [-0.2, -0.15) is 10.1 Å². The summed E-state index contributed by atoms with van der Waals surface area (Å²) in [6, 6.07) is 5.51. The number of anilines is 1. The van der Waals surface area contributed by atoms with E-state index in [-0.39, 0.29) is 21.4 Å². The molecule has 1 amide bonds. The maximum atomic E-state index is 11.9. The second-order valence-corrected chi connectivity index (χ2v) is 6.19. The number of amides is 1.